The average Bonchev–Trinajstić information content (AvgIpc) is 3.04. The van der Waals surface area contributed by atoms with Gasteiger partial charge < -0.3 is 20.6 Å². The van der Waals surface area contributed by atoms with E-state index in [-0.39, 0.29) is 6.04 Å². The molecule has 2 fully saturated rings. The minimum Gasteiger partial charge on any atom is -0.465 e. The molecule has 142 valence electrons. The normalized spacial score (nSPS) is 28.2. The van der Waals surface area contributed by atoms with Crippen molar-refractivity contribution in [3.8, 4) is 0 Å². The van der Waals surface area contributed by atoms with Gasteiger partial charge in [0, 0.05) is 25.2 Å². The molecular weight excluding hydrogens is 330 g/mol. The van der Waals surface area contributed by atoms with Crippen LogP contribution in [0.15, 0.2) is 0 Å². The third-order valence-electron chi connectivity index (χ3n) is 6.58. The first-order chi connectivity index (χ1) is 12.4. The number of nitrogens with two attached hydrogens (primary N) is 1. The molecule has 1 aliphatic carbocycles. The SMILES string of the molecule is CC(C)C1CCc2c(nc(N)nc2N2C[C@H]3CCCN(C(=O)O)[C@H]3C2)C1. The Kier molecular flexibility index (Phi) is 4.40. The molecule has 0 radical (unpaired) electrons. The Morgan fingerprint density at radius 3 is 2.81 bits per heavy atom. The minimum absolute atomic E-state index is 0.0695. The highest BCUT2D eigenvalue weighted by Gasteiger charge is 2.42. The monoisotopic (exact) mass is 359 g/mol. The molecule has 7 heteroatoms. The van der Waals surface area contributed by atoms with Crippen molar-refractivity contribution < 1.29 is 9.90 Å². The minimum atomic E-state index is -0.800. The van der Waals surface area contributed by atoms with Crippen LogP contribution < -0.4 is 10.6 Å². The van der Waals surface area contributed by atoms with Crippen LogP contribution in [0.3, 0.4) is 0 Å². The molecule has 26 heavy (non-hydrogen) atoms. The summed E-state index contributed by atoms with van der Waals surface area (Å²) in [4.78, 5) is 24.6. The van der Waals surface area contributed by atoms with Crippen molar-refractivity contribution in [3.05, 3.63) is 11.3 Å². The number of likely N-dealkylation sites (tertiary alicyclic amines) is 1. The van der Waals surface area contributed by atoms with E-state index >= 15 is 0 Å². The van der Waals surface area contributed by atoms with Crippen LogP contribution in [0, 0.1) is 17.8 Å². The summed E-state index contributed by atoms with van der Waals surface area (Å²) in [5, 5.41) is 9.52. The summed E-state index contributed by atoms with van der Waals surface area (Å²) in [5.41, 5.74) is 8.37. The molecular formula is C19H29N5O2. The number of aromatic nitrogens is 2. The molecule has 7 nitrogen and oxygen atoms in total. The summed E-state index contributed by atoms with van der Waals surface area (Å²) >= 11 is 0. The van der Waals surface area contributed by atoms with Crippen molar-refractivity contribution in [2.75, 3.05) is 30.3 Å². The van der Waals surface area contributed by atoms with Crippen molar-refractivity contribution in [1.29, 1.82) is 0 Å². The van der Waals surface area contributed by atoms with Gasteiger partial charge in [-0.2, -0.15) is 4.98 Å². The predicted octanol–water partition coefficient (Wildman–Crippen LogP) is 2.40. The molecule has 1 aromatic heterocycles. The molecule has 2 saturated heterocycles. The van der Waals surface area contributed by atoms with E-state index in [9.17, 15) is 9.90 Å². The van der Waals surface area contributed by atoms with Gasteiger partial charge in [-0.05, 0) is 49.9 Å². The van der Waals surface area contributed by atoms with Gasteiger partial charge in [0.25, 0.3) is 0 Å². The molecule has 3 N–H and O–H groups in total. The number of amides is 1. The molecule has 0 bridgehead atoms. The smallest absolute Gasteiger partial charge is 0.407 e. The van der Waals surface area contributed by atoms with Crippen LogP contribution >= 0.6 is 0 Å². The maximum absolute atomic E-state index is 11.6. The lowest BCUT2D eigenvalue weighted by atomic mass is 9.80. The molecule has 3 heterocycles. The second-order valence-electron chi connectivity index (χ2n) is 8.43. The van der Waals surface area contributed by atoms with Crippen LogP contribution in [-0.2, 0) is 12.8 Å². The Morgan fingerprint density at radius 2 is 2.08 bits per heavy atom. The van der Waals surface area contributed by atoms with E-state index in [2.05, 4.69) is 28.7 Å². The van der Waals surface area contributed by atoms with Crippen LogP contribution in [0.1, 0.15) is 44.4 Å². The molecule has 0 spiro atoms. The van der Waals surface area contributed by atoms with Gasteiger partial charge in [-0.1, -0.05) is 13.8 Å². The van der Waals surface area contributed by atoms with E-state index in [4.69, 9.17) is 5.73 Å². The Hall–Kier alpha value is -2.05. The Labute approximate surface area is 154 Å². The molecule has 0 aromatic carbocycles. The third-order valence-corrected chi connectivity index (χ3v) is 6.58. The van der Waals surface area contributed by atoms with E-state index in [0.29, 0.717) is 36.8 Å². The maximum Gasteiger partial charge on any atom is 0.407 e. The Morgan fingerprint density at radius 1 is 1.27 bits per heavy atom. The number of piperidine rings is 1. The van der Waals surface area contributed by atoms with Crippen LogP contribution in [-0.4, -0.2) is 51.7 Å². The number of hydrogen-bond donors (Lipinski definition) is 2. The zero-order chi connectivity index (χ0) is 18.4. The second kappa shape index (κ2) is 6.59. The predicted molar refractivity (Wildman–Crippen MR) is 100 cm³/mol. The van der Waals surface area contributed by atoms with Gasteiger partial charge in [-0.15, -0.1) is 0 Å². The fourth-order valence-electron chi connectivity index (χ4n) is 5.06. The van der Waals surface area contributed by atoms with Crippen molar-refractivity contribution in [2.45, 2.75) is 52.0 Å². The van der Waals surface area contributed by atoms with Crippen LogP contribution in [0.4, 0.5) is 16.6 Å². The highest BCUT2D eigenvalue weighted by atomic mass is 16.4. The van der Waals surface area contributed by atoms with Crippen molar-refractivity contribution in [2.24, 2.45) is 17.8 Å². The van der Waals surface area contributed by atoms with Crippen molar-refractivity contribution >= 4 is 17.9 Å². The van der Waals surface area contributed by atoms with Gasteiger partial charge in [-0.25, -0.2) is 9.78 Å². The van der Waals surface area contributed by atoms with E-state index in [0.717, 1.165) is 50.2 Å². The average molecular weight is 359 g/mol. The molecule has 3 atom stereocenters. The second-order valence-corrected chi connectivity index (χ2v) is 8.43. The lowest BCUT2D eigenvalue weighted by Gasteiger charge is -2.34. The fourth-order valence-corrected chi connectivity index (χ4v) is 5.06. The molecule has 1 unspecified atom stereocenters. The van der Waals surface area contributed by atoms with Crippen LogP contribution in [0.5, 0.6) is 0 Å². The number of nitrogens with zero attached hydrogens (tertiary/aromatic N) is 4. The third kappa shape index (κ3) is 2.97. The van der Waals surface area contributed by atoms with Gasteiger partial charge in [0.1, 0.15) is 5.82 Å². The number of hydrogen-bond acceptors (Lipinski definition) is 5. The number of fused-ring (bicyclic) bond motifs is 2. The first kappa shape index (κ1) is 17.4. The Balaban J connectivity index is 1.62. The first-order valence-electron chi connectivity index (χ1n) is 9.83. The summed E-state index contributed by atoms with van der Waals surface area (Å²) in [6, 6.07) is 0.0695. The number of rotatable bonds is 2. The van der Waals surface area contributed by atoms with E-state index in [1.807, 2.05) is 0 Å². The molecule has 0 saturated carbocycles. The summed E-state index contributed by atoms with van der Waals surface area (Å²) in [6.07, 6.45) is 4.35. The topological polar surface area (TPSA) is 95.6 Å². The zero-order valence-electron chi connectivity index (χ0n) is 15.7. The highest BCUT2D eigenvalue weighted by Crippen LogP contribution is 2.38. The van der Waals surface area contributed by atoms with E-state index < -0.39 is 6.09 Å². The highest BCUT2D eigenvalue weighted by molar-refractivity contribution is 5.66. The summed E-state index contributed by atoms with van der Waals surface area (Å²) in [5.74, 6) is 2.97. The standard InChI is InChI=1S/C19H29N5O2/c1-11(2)12-5-6-14-15(8-12)21-18(20)22-17(14)23-9-13-4-3-7-24(19(25)26)16(13)10-23/h11-13,16H,3-10H2,1-2H3,(H,25,26)(H2,20,21,22)/t12?,13-,16+/m1/s1. The summed E-state index contributed by atoms with van der Waals surface area (Å²) in [6.45, 7) is 6.77. The van der Waals surface area contributed by atoms with Gasteiger partial charge in [0.05, 0.1) is 11.7 Å². The van der Waals surface area contributed by atoms with E-state index in [1.165, 1.54) is 5.56 Å². The summed E-state index contributed by atoms with van der Waals surface area (Å²) < 4.78 is 0. The number of nitrogen functional groups attached to an aromatic ring is 1. The molecule has 4 rings (SSSR count). The van der Waals surface area contributed by atoms with Gasteiger partial charge in [0.2, 0.25) is 5.95 Å². The molecule has 2 aliphatic heterocycles. The van der Waals surface area contributed by atoms with Crippen LogP contribution in [0.25, 0.3) is 0 Å². The summed E-state index contributed by atoms with van der Waals surface area (Å²) in [7, 11) is 0. The lowest BCUT2D eigenvalue weighted by molar-refractivity contribution is 0.0965. The molecule has 3 aliphatic rings. The van der Waals surface area contributed by atoms with Crippen molar-refractivity contribution in [1.82, 2.24) is 14.9 Å². The Bertz CT molecular complexity index is 707. The first-order valence-corrected chi connectivity index (χ1v) is 9.83. The number of anilines is 2. The maximum atomic E-state index is 11.6. The largest absolute Gasteiger partial charge is 0.465 e. The number of carboxylic acid groups (broad SMARTS) is 1. The van der Waals surface area contributed by atoms with Gasteiger partial charge in [-0.3, -0.25) is 0 Å². The molecule has 1 aromatic rings. The van der Waals surface area contributed by atoms with Crippen molar-refractivity contribution in [3.63, 3.8) is 0 Å². The quantitative estimate of drug-likeness (QED) is 0.842. The van der Waals surface area contributed by atoms with Gasteiger partial charge >= 0.3 is 6.09 Å². The fraction of sp³-hybridized carbons (Fsp3) is 0.737. The number of carbonyl (C=O) groups is 1. The van der Waals surface area contributed by atoms with Crippen LogP contribution in [0.2, 0.25) is 0 Å². The van der Waals surface area contributed by atoms with E-state index in [1.54, 1.807) is 4.90 Å². The zero-order valence-corrected chi connectivity index (χ0v) is 15.7. The lowest BCUT2D eigenvalue weighted by Crippen LogP contribution is -2.47. The van der Waals surface area contributed by atoms with Gasteiger partial charge in [0.15, 0.2) is 0 Å². The molecule has 1 amide bonds.